The zero-order valence-corrected chi connectivity index (χ0v) is 9.12. The number of nitrogens with zero attached hydrogens (tertiary/aromatic N) is 2. The summed E-state index contributed by atoms with van der Waals surface area (Å²) in [5, 5.41) is 10.7. The van der Waals surface area contributed by atoms with E-state index in [9.17, 15) is 10.1 Å². The molecule has 1 aromatic heterocycles. The molecule has 1 atom stereocenters. The van der Waals surface area contributed by atoms with Gasteiger partial charge in [-0.1, -0.05) is 18.5 Å². The minimum Gasteiger partial charge on any atom is -0.258 e. The van der Waals surface area contributed by atoms with Crippen LogP contribution in [-0.4, -0.2) is 9.91 Å². The predicted molar refractivity (Wildman–Crippen MR) is 57.3 cm³/mol. The Morgan fingerprint density at radius 1 is 1.67 bits per heavy atom. The van der Waals surface area contributed by atoms with Gasteiger partial charge >= 0.3 is 5.69 Å². The van der Waals surface area contributed by atoms with Crippen LogP contribution in [0.25, 0.3) is 0 Å². The highest BCUT2D eigenvalue weighted by Crippen LogP contribution is 2.34. The van der Waals surface area contributed by atoms with Crippen LogP contribution < -0.4 is 0 Å². The molecule has 0 bridgehead atoms. The Hall–Kier alpha value is -1.16. The van der Waals surface area contributed by atoms with Gasteiger partial charge in [0.05, 0.1) is 4.92 Å². The molecule has 1 aliphatic rings. The average Bonchev–Trinajstić information content (AvgIpc) is 2.18. The maximum absolute atomic E-state index is 10.7. The SMILES string of the molecule is CC1CCCc2cc([N+](=O)[O-])c(Cl)nc21. The average molecular weight is 227 g/mol. The summed E-state index contributed by atoms with van der Waals surface area (Å²) in [6.45, 7) is 2.08. The number of hydrogen-bond donors (Lipinski definition) is 0. The van der Waals surface area contributed by atoms with Crippen LogP contribution in [-0.2, 0) is 6.42 Å². The summed E-state index contributed by atoms with van der Waals surface area (Å²) < 4.78 is 0. The van der Waals surface area contributed by atoms with Crippen LogP contribution in [0.15, 0.2) is 6.07 Å². The summed E-state index contributed by atoms with van der Waals surface area (Å²) in [7, 11) is 0. The van der Waals surface area contributed by atoms with E-state index < -0.39 is 4.92 Å². The van der Waals surface area contributed by atoms with Crippen LogP contribution in [0.1, 0.15) is 36.9 Å². The van der Waals surface area contributed by atoms with Crippen molar-refractivity contribution < 1.29 is 4.92 Å². The Labute approximate surface area is 92.4 Å². The van der Waals surface area contributed by atoms with Gasteiger partial charge in [0, 0.05) is 11.8 Å². The Bertz CT molecular complexity index is 420. The second kappa shape index (κ2) is 3.77. The summed E-state index contributed by atoms with van der Waals surface area (Å²) in [6.07, 6.45) is 3.01. The smallest absolute Gasteiger partial charge is 0.258 e. The summed E-state index contributed by atoms with van der Waals surface area (Å²) in [5.41, 5.74) is 1.83. The quantitative estimate of drug-likeness (QED) is 0.420. The molecule has 0 saturated carbocycles. The highest BCUT2D eigenvalue weighted by Gasteiger charge is 2.23. The molecule has 1 heterocycles. The van der Waals surface area contributed by atoms with Crippen molar-refractivity contribution in [3.05, 3.63) is 32.6 Å². The van der Waals surface area contributed by atoms with E-state index in [1.807, 2.05) is 0 Å². The van der Waals surface area contributed by atoms with E-state index in [2.05, 4.69) is 11.9 Å². The second-order valence-electron chi connectivity index (χ2n) is 3.89. The fourth-order valence-electron chi connectivity index (χ4n) is 2.02. The first kappa shape index (κ1) is 10.4. The number of halogens is 1. The molecule has 4 nitrogen and oxygen atoms in total. The Morgan fingerprint density at radius 3 is 3.07 bits per heavy atom. The zero-order chi connectivity index (χ0) is 11.0. The molecule has 0 aliphatic heterocycles. The van der Waals surface area contributed by atoms with Gasteiger partial charge in [0.15, 0.2) is 0 Å². The summed E-state index contributed by atoms with van der Waals surface area (Å²) in [4.78, 5) is 14.3. The van der Waals surface area contributed by atoms with Gasteiger partial charge in [-0.15, -0.1) is 0 Å². The number of nitro groups is 1. The number of rotatable bonds is 1. The molecule has 1 unspecified atom stereocenters. The van der Waals surface area contributed by atoms with Crippen molar-refractivity contribution in [3.8, 4) is 0 Å². The first-order valence-electron chi connectivity index (χ1n) is 4.93. The lowest BCUT2D eigenvalue weighted by Gasteiger charge is -2.20. The molecular formula is C10H11ClN2O2. The number of aryl methyl sites for hydroxylation is 1. The zero-order valence-electron chi connectivity index (χ0n) is 8.36. The van der Waals surface area contributed by atoms with Crippen molar-refractivity contribution in [2.24, 2.45) is 0 Å². The molecule has 0 aromatic carbocycles. The summed E-state index contributed by atoms with van der Waals surface area (Å²) in [5.74, 6) is 0.354. The molecule has 1 aromatic rings. The van der Waals surface area contributed by atoms with Crippen molar-refractivity contribution in [1.29, 1.82) is 0 Å². The molecular weight excluding hydrogens is 216 g/mol. The molecule has 80 valence electrons. The molecule has 0 saturated heterocycles. The van der Waals surface area contributed by atoms with Gasteiger partial charge in [-0.25, -0.2) is 4.98 Å². The Balaban J connectivity index is 2.54. The van der Waals surface area contributed by atoms with Crippen LogP contribution in [0.5, 0.6) is 0 Å². The first-order chi connectivity index (χ1) is 7.09. The maximum Gasteiger partial charge on any atom is 0.306 e. The van der Waals surface area contributed by atoms with E-state index in [0.717, 1.165) is 30.5 Å². The van der Waals surface area contributed by atoms with Gasteiger partial charge in [-0.05, 0) is 30.7 Å². The van der Waals surface area contributed by atoms with E-state index in [1.54, 1.807) is 6.07 Å². The lowest BCUT2D eigenvalue weighted by Crippen LogP contribution is -2.10. The number of pyridine rings is 1. The largest absolute Gasteiger partial charge is 0.306 e. The van der Waals surface area contributed by atoms with E-state index >= 15 is 0 Å². The topological polar surface area (TPSA) is 56.0 Å². The molecule has 2 rings (SSSR count). The highest BCUT2D eigenvalue weighted by molar-refractivity contribution is 6.31. The highest BCUT2D eigenvalue weighted by atomic mass is 35.5. The third kappa shape index (κ3) is 1.81. The first-order valence-corrected chi connectivity index (χ1v) is 5.31. The molecule has 0 spiro atoms. The number of fused-ring (bicyclic) bond motifs is 1. The van der Waals surface area contributed by atoms with Crippen LogP contribution in [0.2, 0.25) is 5.15 Å². The summed E-state index contributed by atoms with van der Waals surface area (Å²) in [6, 6.07) is 1.57. The van der Waals surface area contributed by atoms with Gasteiger partial charge in [0.1, 0.15) is 0 Å². The fourth-order valence-corrected chi connectivity index (χ4v) is 2.24. The number of hydrogen-bond acceptors (Lipinski definition) is 3. The molecule has 0 amide bonds. The van der Waals surface area contributed by atoms with Crippen molar-refractivity contribution in [2.75, 3.05) is 0 Å². The van der Waals surface area contributed by atoms with Gasteiger partial charge < -0.3 is 0 Å². The Kier molecular flexibility index (Phi) is 2.61. The molecule has 0 fully saturated rings. The summed E-state index contributed by atoms with van der Waals surface area (Å²) >= 11 is 5.77. The third-order valence-electron chi connectivity index (χ3n) is 2.82. The number of aromatic nitrogens is 1. The maximum atomic E-state index is 10.7. The van der Waals surface area contributed by atoms with Gasteiger partial charge in [0.2, 0.25) is 5.15 Å². The van der Waals surface area contributed by atoms with E-state index in [1.165, 1.54) is 0 Å². The third-order valence-corrected chi connectivity index (χ3v) is 3.09. The lowest BCUT2D eigenvalue weighted by atomic mass is 9.88. The van der Waals surface area contributed by atoms with Crippen molar-refractivity contribution >= 4 is 17.3 Å². The van der Waals surface area contributed by atoms with Gasteiger partial charge in [-0.2, -0.15) is 0 Å². The van der Waals surface area contributed by atoms with Crippen molar-refractivity contribution in [2.45, 2.75) is 32.1 Å². The molecule has 5 heteroatoms. The minimum absolute atomic E-state index is 0.00694. The van der Waals surface area contributed by atoms with Crippen molar-refractivity contribution in [1.82, 2.24) is 4.98 Å². The van der Waals surface area contributed by atoms with Crippen LogP contribution in [0.4, 0.5) is 5.69 Å². The van der Waals surface area contributed by atoms with Crippen LogP contribution in [0, 0.1) is 10.1 Å². The van der Waals surface area contributed by atoms with Gasteiger partial charge in [0.25, 0.3) is 0 Å². The second-order valence-corrected chi connectivity index (χ2v) is 4.25. The van der Waals surface area contributed by atoms with E-state index in [4.69, 9.17) is 11.6 Å². The normalized spacial score (nSPS) is 19.7. The standard InChI is InChI=1S/C10H11ClN2O2/c1-6-3-2-4-7-5-8(13(14)15)10(11)12-9(6)7/h5-6H,2-4H2,1H3. The van der Waals surface area contributed by atoms with E-state index in [0.29, 0.717) is 5.92 Å². The van der Waals surface area contributed by atoms with E-state index in [-0.39, 0.29) is 10.8 Å². The van der Waals surface area contributed by atoms with Gasteiger partial charge in [-0.3, -0.25) is 10.1 Å². The molecule has 0 N–H and O–H groups in total. The monoisotopic (exact) mass is 226 g/mol. The molecule has 0 radical (unpaired) electrons. The fraction of sp³-hybridized carbons (Fsp3) is 0.500. The van der Waals surface area contributed by atoms with Crippen molar-refractivity contribution in [3.63, 3.8) is 0 Å². The predicted octanol–water partition coefficient (Wildman–Crippen LogP) is 3.08. The van der Waals surface area contributed by atoms with Crippen LogP contribution >= 0.6 is 11.6 Å². The molecule has 15 heavy (non-hydrogen) atoms. The lowest BCUT2D eigenvalue weighted by molar-refractivity contribution is -0.385. The minimum atomic E-state index is -0.477. The Morgan fingerprint density at radius 2 is 2.40 bits per heavy atom. The van der Waals surface area contributed by atoms with Crippen LogP contribution in [0.3, 0.4) is 0 Å². The molecule has 1 aliphatic carbocycles.